The van der Waals surface area contributed by atoms with Crippen molar-refractivity contribution in [2.75, 3.05) is 12.4 Å². The van der Waals surface area contributed by atoms with Gasteiger partial charge in [0, 0.05) is 25.9 Å². The fourth-order valence-electron chi connectivity index (χ4n) is 1.03. The maximum atomic E-state index is 9.14. The Hall–Kier alpha value is -1.10. The quantitative estimate of drug-likeness (QED) is 0.701. The van der Waals surface area contributed by atoms with Gasteiger partial charge in [0.25, 0.3) is 5.97 Å². The molecule has 96 valence electrons. The fourth-order valence-corrected chi connectivity index (χ4v) is 1.14. The molecule has 1 aromatic carbocycles. The number of hydrogen-bond acceptors (Lipinski definition) is 3. The number of aliphatic hydroxyl groups excluding tert-OH is 1. The summed E-state index contributed by atoms with van der Waals surface area (Å²) in [5, 5.41) is 19.7. The summed E-state index contributed by atoms with van der Waals surface area (Å²) in [5.74, 6) is -0.554. The van der Waals surface area contributed by atoms with Crippen LogP contribution < -0.4 is 5.32 Å². The Morgan fingerprint density at radius 3 is 2.41 bits per heavy atom. The molecule has 0 heterocycles. The molecule has 0 radical (unpaired) electrons. The van der Waals surface area contributed by atoms with Crippen LogP contribution in [-0.4, -0.2) is 34.7 Å². The zero-order valence-electron chi connectivity index (χ0n) is 9.77. The predicted octanol–water partition coefficient (Wildman–Crippen LogP) is 1.47. The molecule has 1 rings (SSSR count). The third-order valence-electron chi connectivity index (χ3n) is 1.73. The zero-order valence-corrected chi connectivity index (χ0v) is 10.5. The molecule has 0 aliphatic rings. The molecule has 0 spiro atoms. The summed E-state index contributed by atoms with van der Waals surface area (Å²) in [5.41, 5.74) is 1.21. The Morgan fingerprint density at radius 2 is 1.94 bits per heavy atom. The third-order valence-corrected chi connectivity index (χ3v) is 2.09. The maximum absolute atomic E-state index is 9.14. The average Bonchev–Trinajstić information content (AvgIpc) is 2.29. The lowest BCUT2D eigenvalue weighted by molar-refractivity contribution is -0.134. The summed E-state index contributed by atoms with van der Waals surface area (Å²) in [7, 11) is 0. The second-order valence-corrected chi connectivity index (χ2v) is 3.75. The van der Waals surface area contributed by atoms with Gasteiger partial charge in [-0.25, -0.2) is 0 Å². The van der Waals surface area contributed by atoms with Crippen LogP contribution in [0.25, 0.3) is 0 Å². The van der Waals surface area contributed by atoms with Gasteiger partial charge in [-0.1, -0.05) is 30.3 Å². The Morgan fingerprint density at radius 1 is 1.41 bits per heavy atom. The van der Waals surface area contributed by atoms with Gasteiger partial charge in [-0.05, 0) is 5.56 Å². The normalized spacial score (nSPS) is 11.2. The van der Waals surface area contributed by atoms with Crippen molar-refractivity contribution < 1.29 is 15.0 Å². The van der Waals surface area contributed by atoms with Crippen LogP contribution in [0.3, 0.4) is 0 Å². The Labute approximate surface area is 106 Å². The number of halogens is 1. The van der Waals surface area contributed by atoms with Gasteiger partial charge in [0.1, 0.15) is 0 Å². The molecule has 17 heavy (non-hydrogen) atoms. The number of carboxylic acids is 1. The van der Waals surface area contributed by atoms with E-state index in [1.165, 1.54) is 5.56 Å². The molecule has 0 aliphatic heterocycles. The highest BCUT2D eigenvalue weighted by Crippen LogP contribution is 1.97. The second-order valence-electron chi connectivity index (χ2n) is 3.44. The number of aliphatic hydroxyl groups is 1. The lowest BCUT2D eigenvalue weighted by Crippen LogP contribution is -2.27. The van der Waals surface area contributed by atoms with E-state index in [1.54, 1.807) is 0 Å². The van der Waals surface area contributed by atoms with E-state index in [4.69, 9.17) is 26.6 Å². The van der Waals surface area contributed by atoms with Crippen LogP contribution in [-0.2, 0) is 11.3 Å². The van der Waals surface area contributed by atoms with Gasteiger partial charge in [-0.15, -0.1) is 11.6 Å². The van der Waals surface area contributed by atoms with Crippen molar-refractivity contribution >= 4 is 17.6 Å². The third kappa shape index (κ3) is 11.2. The molecule has 1 aromatic rings. The van der Waals surface area contributed by atoms with Crippen molar-refractivity contribution in [3.8, 4) is 0 Å². The molecule has 0 aliphatic carbocycles. The number of hydrogen-bond donors (Lipinski definition) is 3. The Kier molecular flexibility index (Phi) is 9.43. The van der Waals surface area contributed by atoms with E-state index in [0.717, 1.165) is 13.5 Å². The van der Waals surface area contributed by atoms with Gasteiger partial charge in [-0.2, -0.15) is 0 Å². The molecular formula is C12H18ClNO3. The molecule has 5 heteroatoms. The molecule has 0 saturated heterocycles. The smallest absolute Gasteiger partial charge is 0.300 e. The largest absolute Gasteiger partial charge is 0.481 e. The number of carbonyl (C=O) groups is 1. The molecule has 0 saturated carbocycles. The second kappa shape index (κ2) is 10.1. The molecule has 0 fully saturated rings. The van der Waals surface area contributed by atoms with Crippen molar-refractivity contribution in [3.63, 3.8) is 0 Å². The van der Waals surface area contributed by atoms with Crippen LogP contribution in [0.5, 0.6) is 0 Å². The summed E-state index contributed by atoms with van der Waals surface area (Å²) < 4.78 is 0. The maximum Gasteiger partial charge on any atom is 0.300 e. The van der Waals surface area contributed by atoms with E-state index in [0.29, 0.717) is 6.54 Å². The standard InChI is InChI=1S/C10H14ClNO.C2H4O2/c11-6-10(13)8-12-7-9-4-2-1-3-5-9;1-2(3)4/h1-5,10,12-13H,6-8H2;1H3,(H,3,4). The number of carboxylic acid groups (broad SMARTS) is 1. The van der Waals surface area contributed by atoms with Crippen LogP contribution in [0.1, 0.15) is 12.5 Å². The molecule has 4 nitrogen and oxygen atoms in total. The van der Waals surface area contributed by atoms with Crippen molar-refractivity contribution in [3.05, 3.63) is 35.9 Å². The molecule has 3 N–H and O–H groups in total. The summed E-state index contributed by atoms with van der Waals surface area (Å²) in [6.07, 6.45) is -0.453. The van der Waals surface area contributed by atoms with Gasteiger partial charge >= 0.3 is 0 Å². The molecule has 1 unspecified atom stereocenters. The monoisotopic (exact) mass is 259 g/mol. The average molecular weight is 260 g/mol. The van der Waals surface area contributed by atoms with E-state index in [2.05, 4.69) is 5.32 Å². The first kappa shape index (κ1) is 15.9. The van der Waals surface area contributed by atoms with E-state index < -0.39 is 12.1 Å². The molecule has 0 bridgehead atoms. The van der Waals surface area contributed by atoms with Gasteiger partial charge in [-0.3, -0.25) is 4.79 Å². The highest BCUT2D eigenvalue weighted by atomic mass is 35.5. The molecule has 0 aromatic heterocycles. The van der Waals surface area contributed by atoms with Gasteiger partial charge in [0.15, 0.2) is 0 Å². The number of alkyl halides is 1. The summed E-state index contributed by atoms with van der Waals surface area (Å²) in [6, 6.07) is 10.1. The summed E-state index contributed by atoms with van der Waals surface area (Å²) in [4.78, 5) is 9.00. The van der Waals surface area contributed by atoms with Crippen LogP contribution in [0.4, 0.5) is 0 Å². The van der Waals surface area contributed by atoms with Crippen LogP contribution in [0.2, 0.25) is 0 Å². The van der Waals surface area contributed by atoms with E-state index in [9.17, 15) is 0 Å². The lowest BCUT2D eigenvalue weighted by atomic mass is 10.2. The van der Waals surface area contributed by atoms with Crippen molar-refractivity contribution in [1.29, 1.82) is 0 Å². The number of nitrogens with one attached hydrogen (secondary N) is 1. The van der Waals surface area contributed by atoms with Crippen LogP contribution >= 0.6 is 11.6 Å². The van der Waals surface area contributed by atoms with Gasteiger partial charge < -0.3 is 15.5 Å². The van der Waals surface area contributed by atoms with Crippen LogP contribution in [0, 0.1) is 0 Å². The topological polar surface area (TPSA) is 69.6 Å². The van der Waals surface area contributed by atoms with Gasteiger partial charge in [0.05, 0.1) is 6.10 Å². The Bertz CT molecular complexity index is 302. The molecule has 0 amide bonds. The van der Waals surface area contributed by atoms with E-state index in [-0.39, 0.29) is 5.88 Å². The summed E-state index contributed by atoms with van der Waals surface area (Å²) >= 11 is 5.44. The first-order valence-corrected chi connectivity index (χ1v) is 5.78. The Balaban J connectivity index is 0.000000557. The number of aliphatic carboxylic acids is 1. The highest BCUT2D eigenvalue weighted by molar-refractivity contribution is 6.18. The van der Waals surface area contributed by atoms with Crippen molar-refractivity contribution in [2.45, 2.75) is 19.6 Å². The SMILES string of the molecule is CC(=O)O.OC(CCl)CNCc1ccccc1. The molecule has 1 atom stereocenters. The minimum atomic E-state index is -0.833. The fraction of sp³-hybridized carbons (Fsp3) is 0.417. The minimum Gasteiger partial charge on any atom is -0.481 e. The summed E-state index contributed by atoms with van der Waals surface area (Å²) in [6.45, 7) is 2.40. The van der Waals surface area contributed by atoms with Gasteiger partial charge in [0.2, 0.25) is 0 Å². The first-order valence-electron chi connectivity index (χ1n) is 5.24. The lowest BCUT2D eigenvalue weighted by Gasteiger charge is -2.08. The first-order chi connectivity index (χ1) is 8.06. The predicted molar refractivity (Wildman–Crippen MR) is 68.2 cm³/mol. The van der Waals surface area contributed by atoms with Crippen molar-refractivity contribution in [1.82, 2.24) is 5.32 Å². The van der Waals surface area contributed by atoms with E-state index >= 15 is 0 Å². The highest BCUT2D eigenvalue weighted by Gasteiger charge is 1.99. The zero-order chi connectivity index (χ0) is 13.1. The minimum absolute atomic E-state index is 0.280. The van der Waals surface area contributed by atoms with Crippen molar-refractivity contribution in [2.24, 2.45) is 0 Å². The van der Waals surface area contributed by atoms with E-state index in [1.807, 2.05) is 30.3 Å². The number of rotatable bonds is 5. The van der Waals surface area contributed by atoms with Crippen LogP contribution in [0.15, 0.2) is 30.3 Å². The number of benzene rings is 1. The molecular weight excluding hydrogens is 242 g/mol.